The van der Waals surface area contributed by atoms with Crippen LogP contribution < -0.4 is 14.4 Å². The number of benzene rings is 3. The fourth-order valence-electron chi connectivity index (χ4n) is 4.44. The van der Waals surface area contributed by atoms with Gasteiger partial charge in [0.05, 0.1) is 22.6 Å². The van der Waals surface area contributed by atoms with Gasteiger partial charge in [0.15, 0.2) is 0 Å². The van der Waals surface area contributed by atoms with Gasteiger partial charge in [-0.2, -0.15) is 0 Å². The quantitative estimate of drug-likeness (QED) is 0.217. The molecule has 3 rings (SSSR count). The number of carbonyl (C=O) groups excluding carboxylic acids is 2. The van der Waals surface area contributed by atoms with Crippen LogP contribution in [-0.4, -0.2) is 56.3 Å². The van der Waals surface area contributed by atoms with Gasteiger partial charge in [0.25, 0.3) is 15.7 Å². The molecule has 1 N–H and O–H groups in total. The van der Waals surface area contributed by atoms with Gasteiger partial charge in [0.2, 0.25) is 11.8 Å². The first kappa shape index (κ1) is 32.4. The average Bonchev–Trinajstić information content (AvgIpc) is 2.96. The molecule has 3 aromatic carbocycles. The molecule has 0 aliphatic heterocycles. The van der Waals surface area contributed by atoms with Crippen molar-refractivity contribution >= 4 is 44.8 Å². The lowest BCUT2D eigenvalue weighted by molar-refractivity contribution is -0.385. The molecule has 0 heterocycles. The third kappa shape index (κ3) is 7.37. The third-order valence-electron chi connectivity index (χ3n) is 6.59. The van der Waals surface area contributed by atoms with Crippen LogP contribution in [0.25, 0.3) is 0 Å². The number of nitro groups is 1. The first-order chi connectivity index (χ1) is 19.9. The maximum Gasteiger partial charge on any atom is 0.273 e. The van der Waals surface area contributed by atoms with Crippen LogP contribution in [0, 0.1) is 17.0 Å². The molecule has 0 unspecified atom stereocenters. The molecular formula is C29H33ClN4O7S. The summed E-state index contributed by atoms with van der Waals surface area (Å²) in [5.74, 6) is -0.958. The van der Waals surface area contributed by atoms with Crippen LogP contribution in [0.15, 0.2) is 71.6 Å². The number of nitrogens with one attached hydrogen (secondary N) is 1. The zero-order valence-corrected chi connectivity index (χ0v) is 25.3. The van der Waals surface area contributed by atoms with Gasteiger partial charge in [-0.15, -0.1) is 0 Å². The van der Waals surface area contributed by atoms with Gasteiger partial charge < -0.3 is 15.0 Å². The minimum atomic E-state index is -4.60. The SMILES string of the molecule is CCNC(=O)[C@@H](CC)N(Cc1ccccc1)C(=O)CN(c1cc(Cl)ccc1OC)S(=O)(=O)c1ccc(C)c([N+](=O)[O-])c1. The van der Waals surface area contributed by atoms with Gasteiger partial charge in [0.1, 0.15) is 18.3 Å². The molecule has 2 amide bonds. The highest BCUT2D eigenvalue weighted by molar-refractivity contribution is 7.92. The van der Waals surface area contributed by atoms with E-state index in [2.05, 4.69) is 5.32 Å². The van der Waals surface area contributed by atoms with Crippen LogP contribution in [0.1, 0.15) is 31.4 Å². The summed E-state index contributed by atoms with van der Waals surface area (Å²) in [5.41, 5.74) is 0.557. The Morgan fingerprint density at radius 3 is 2.36 bits per heavy atom. The maximum absolute atomic E-state index is 14.1. The van der Waals surface area contributed by atoms with Crippen LogP contribution >= 0.6 is 11.6 Å². The van der Waals surface area contributed by atoms with Gasteiger partial charge in [-0.05, 0) is 50.1 Å². The largest absolute Gasteiger partial charge is 0.495 e. The Hall–Kier alpha value is -4.16. The molecule has 0 radical (unpaired) electrons. The number of hydrogen-bond acceptors (Lipinski definition) is 7. The summed E-state index contributed by atoms with van der Waals surface area (Å²) < 4.78 is 34.5. The molecule has 13 heteroatoms. The molecule has 0 aromatic heterocycles. The molecule has 42 heavy (non-hydrogen) atoms. The molecule has 0 aliphatic rings. The number of methoxy groups -OCH3 is 1. The molecule has 0 bridgehead atoms. The van der Waals surface area contributed by atoms with E-state index in [1.54, 1.807) is 38.1 Å². The van der Waals surface area contributed by atoms with E-state index < -0.39 is 44.0 Å². The lowest BCUT2D eigenvalue weighted by atomic mass is 10.1. The van der Waals surface area contributed by atoms with Crippen molar-refractivity contribution in [1.29, 1.82) is 0 Å². The van der Waals surface area contributed by atoms with E-state index in [0.29, 0.717) is 6.54 Å². The monoisotopic (exact) mass is 616 g/mol. The van der Waals surface area contributed by atoms with Crippen molar-refractivity contribution in [2.24, 2.45) is 0 Å². The summed E-state index contributed by atoms with van der Waals surface area (Å²) >= 11 is 6.24. The number of halogens is 1. The number of ether oxygens (including phenoxy) is 1. The Morgan fingerprint density at radius 1 is 1.07 bits per heavy atom. The highest BCUT2D eigenvalue weighted by atomic mass is 35.5. The number of hydrogen-bond donors (Lipinski definition) is 1. The van der Waals surface area contributed by atoms with E-state index >= 15 is 0 Å². The predicted molar refractivity (Wildman–Crippen MR) is 160 cm³/mol. The number of amides is 2. The van der Waals surface area contributed by atoms with Crippen LogP contribution in [0.3, 0.4) is 0 Å². The number of nitrogens with zero attached hydrogens (tertiary/aromatic N) is 3. The average molecular weight is 617 g/mol. The van der Waals surface area contributed by atoms with Crippen molar-refractivity contribution in [3.8, 4) is 5.75 Å². The van der Waals surface area contributed by atoms with E-state index in [1.807, 2.05) is 6.07 Å². The summed E-state index contributed by atoms with van der Waals surface area (Å²) in [6.07, 6.45) is 0.266. The zero-order chi connectivity index (χ0) is 31.0. The van der Waals surface area contributed by atoms with Crippen LogP contribution in [0.4, 0.5) is 11.4 Å². The Balaban J connectivity index is 2.18. The fourth-order valence-corrected chi connectivity index (χ4v) is 6.04. The fraction of sp³-hybridized carbons (Fsp3) is 0.310. The number of likely N-dealkylation sites (N-methyl/N-ethyl adjacent to an activating group) is 1. The standard InChI is InChI=1S/C29H33ClN4O7S/c1-5-24(29(36)31-6-2)32(18-21-10-8-7-9-11-21)28(35)19-33(26-16-22(30)13-15-27(26)41-4)42(39,40)23-14-12-20(3)25(17-23)34(37)38/h7-17,24H,5-6,18-19H2,1-4H3,(H,31,36)/t24-/m1/s1. The normalized spacial score (nSPS) is 11.8. The smallest absolute Gasteiger partial charge is 0.273 e. The number of anilines is 1. The molecule has 0 spiro atoms. The predicted octanol–water partition coefficient (Wildman–Crippen LogP) is 4.70. The van der Waals surface area contributed by atoms with Crippen LogP contribution in [-0.2, 0) is 26.2 Å². The first-order valence-electron chi connectivity index (χ1n) is 13.2. The Bertz CT molecular complexity index is 1550. The van der Waals surface area contributed by atoms with E-state index in [4.69, 9.17) is 16.3 Å². The summed E-state index contributed by atoms with van der Waals surface area (Å²) in [7, 11) is -3.27. The van der Waals surface area contributed by atoms with Gasteiger partial charge in [-0.1, -0.05) is 54.9 Å². The minimum Gasteiger partial charge on any atom is -0.495 e. The lowest BCUT2D eigenvalue weighted by Gasteiger charge is -2.33. The van der Waals surface area contributed by atoms with E-state index in [9.17, 15) is 28.1 Å². The summed E-state index contributed by atoms with van der Waals surface area (Å²) in [4.78, 5) is 39.0. The molecule has 0 saturated heterocycles. The highest BCUT2D eigenvalue weighted by Gasteiger charge is 2.35. The second-order valence-electron chi connectivity index (χ2n) is 9.36. The number of sulfonamides is 1. The van der Waals surface area contributed by atoms with Crippen molar-refractivity contribution in [1.82, 2.24) is 10.2 Å². The van der Waals surface area contributed by atoms with Crippen molar-refractivity contribution in [2.75, 3.05) is 24.5 Å². The molecular weight excluding hydrogens is 584 g/mol. The molecule has 11 nitrogen and oxygen atoms in total. The molecule has 0 aliphatic carbocycles. The number of carbonyl (C=O) groups is 2. The molecule has 1 atom stereocenters. The number of aryl methyl sites for hydroxylation is 1. The Labute approximate surface area is 250 Å². The van der Waals surface area contributed by atoms with Crippen molar-refractivity contribution in [2.45, 2.75) is 44.7 Å². The highest BCUT2D eigenvalue weighted by Crippen LogP contribution is 2.36. The summed E-state index contributed by atoms with van der Waals surface area (Å²) in [6, 6.07) is 15.9. The van der Waals surface area contributed by atoms with Crippen LogP contribution in [0.5, 0.6) is 5.75 Å². The molecule has 0 fully saturated rings. The second-order valence-corrected chi connectivity index (χ2v) is 11.7. The topological polar surface area (TPSA) is 139 Å². The van der Waals surface area contributed by atoms with E-state index in [0.717, 1.165) is 15.9 Å². The maximum atomic E-state index is 14.1. The zero-order valence-electron chi connectivity index (χ0n) is 23.7. The summed E-state index contributed by atoms with van der Waals surface area (Å²) in [5, 5.41) is 14.5. The Kier molecular flexibility index (Phi) is 10.9. The van der Waals surface area contributed by atoms with E-state index in [-0.39, 0.29) is 40.9 Å². The first-order valence-corrected chi connectivity index (χ1v) is 15.0. The Morgan fingerprint density at radius 2 is 1.76 bits per heavy atom. The number of rotatable bonds is 13. The van der Waals surface area contributed by atoms with Crippen molar-refractivity contribution in [3.05, 3.63) is 93.0 Å². The van der Waals surface area contributed by atoms with Gasteiger partial charge in [-0.3, -0.25) is 24.0 Å². The second kappa shape index (κ2) is 14.1. The van der Waals surface area contributed by atoms with Gasteiger partial charge in [0, 0.05) is 29.7 Å². The third-order valence-corrected chi connectivity index (χ3v) is 8.58. The number of nitro benzene ring substituents is 1. The van der Waals surface area contributed by atoms with Crippen molar-refractivity contribution in [3.63, 3.8) is 0 Å². The summed E-state index contributed by atoms with van der Waals surface area (Å²) in [6.45, 7) is 4.63. The lowest BCUT2D eigenvalue weighted by Crippen LogP contribution is -2.52. The molecule has 3 aromatic rings. The minimum absolute atomic E-state index is 0.0336. The van der Waals surface area contributed by atoms with Gasteiger partial charge in [-0.25, -0.2) is 8.42 Å². The van der Waals surface area contributed by atoms with Crippen LogP contribution in [0.2, 0.25) is 5.02 Å². The van der Waals surface area contributed by atoms with Gasteiger partial charge >= 0.3 is 0 Å². The molecule has 0 saturated carbocycles. The van der Waals surface area contributed by atoms with Crippen molar-refractivity contribution < 1.29 is 27.7 Å². The molecule has 224 valence electrons. The van der Waals surface area contributed by atoms with E-state index in [1.165, 1.54) is 49.3 Å².